The van der Waals surface area contributed by atoms with Gasteiger partial charge in [-0.05, 0) is 30.9 Å². The molecule has 1 saturated heterocycles. The van der Waals surface area contributed by atoms with E-state index in [1.807, 2.05) is 0 Å². The van der Waals surface area contributed by atoms with E-state index in [0.29, 0.717) is 25.9 Å². The monoisotopic (exact) mass is 281 g/mol. The van der Waals surface area contributed by atoms with Crippen LogP contribution < -0.4 is 0 Å². The van der Waals surface area contributed by atoms with Crippen LogP contribution in [0.1, 0.15) is 29.6 Å². The van der Waals surface area contributed by atoms with Crippen molar-refractivity contribution in [2.45, 2.75) is 19.3 Å². The number of phenols is 1. The van der Waals surface area contributed by atoms with Crippen LogP contribution in [-0.2, 0) is 4.79 Å². The van der Waals surface area contributed by atoms with Gasteiger partial charge < -0.3 is 15.1 Å². The standard InChI is InChI=1S/C14H16FNO4/c15-10-2-1-3-11(17)13(10)14(20)16-7-6-9(8-16)4-5-12(18)19/h1-3,9,17H,4-8H2,(H,18,19). The van der Waals surface area contributed by atoms with E-state index in [1.54, 1.807) is 0 Å². The van der Waals surface area contributed by atoms with Crippen LogP contribution >= 0.6 is 0 Å². The summed E-state index contributed by atoms with van der Waals surface area (Å²) in [5, 5.41) is 18.2. The van der Waals surface area contributed by atoms with Crippen molar-refractivity contribution < 1.29 is 24.2 Å². The molecule has 1 heterocycles. The molecular weight excluding hydrogens is 265 g/mol. The van der Waals surface area contributed by atoms with Crippen molar-refractivity contribution in [3.8, 4) is 5.75 Å². The van der Waals surface area contributed by atoms with Gasteiger partial charge in [-0.15, -0.1) is 0 Å². The molecule has 1 unspecified atom stereocenters. The van der Waals surface area contributed by atoms with Crippen molar-refractivity contribution in [1.82, 2.24) is 4.90 Å². The quantitative estimate of drug-likeness (QED) is 0.883. The molecule has 1 fully saturated rings. The molecule has 1 atom stereocenters. The van der Waals surface area contributed by atoms with Gasteiger partial charge in [-0.25, -0.2) is 4.39 Å². The van der Waals surface area contributed by atoms with Gasteiger partial charge in [0.2, 0.25) is 0 Å². The van der Waals surface area contributed by atoms with Gasteiger partial charge in [0.05, 0.1) is 0 Å². The minimum Gasteiger partial charge on any atom is -0.507 e. The first-order chi connectivity index (χ1) is 9.49. The van der Waals surface area contributed by atoms with Crippen LogP contribution in [0.2, 0.25) is 0 Å². The molecule has 108 valence electrons. The fraction of sp³-hybridized carbons (Fsp3) is 0.429. The molecule has 0 aromatic heterocycles. The second-order valence-corrected chi connectivity index (χ2v) is 4.97. The molecule has 2 N–H and O–H groups in total. The molecule has 0 spiro atoms. The number of rotatable bonds is 4. The van der Waals surface area contributed by atoms with Crippen molar-refractivity contribution in [3.63, 3.8) is 0 Å². The lowest BCUT2D eigenvalue weighted by molar-refractivity contribution is -0.137. The summed E-state index contributed by atoms with van der Waals surface area (Å²) in [5.41, 5.74) is -0.314. The SMILES string of the molecule is O=C(O)CCC1CCN(C(=O)c2c(O)cccc2F)C1. The summed E-state index contributed by atoms with van der Waals surface area (Å²) in [7, 11) is 0. The average Bonchev–Trinajstić information content (AvgIpc) is 2.84. The van der Waals surface area contributed by atoms with Gasteiger partial charge in [0.15, 0.2) is 0 Å². The molecule has 0 aliphatic carbocycles. The first-order valence-corrected chi connectivity index (χ1v) is 6.47. The molecule has 0 saturated carbocycles. The van der Waals surface area contributed by atoms with Crippen LogP contribution in [-0.4, -0.2) is 40.1 Å². The Hall–Kier alpha value is -2.11. The maximum Gasteiger partial charge on any atom is 0.303 e. The molecule has 1 aliphatic heterocycles. The number of likely N-dealkylation sites (tertiary alicyclic amines) is 1. The zero-order valence-electron chi connectivity index (χ0n) is 10.9. The highest BCUT2D eigenvalue weighted by Crippen LogP contribution is 2.26. The molecule has 5 nitrogen and oxygen atoms in total. The summed E-state index contributed by atoms with van der Waals surface area (Å²) < 4.78 is 13.6. The number of hydrogen-bond donors (Lipinski definition) is 2. The third-order valence-electron chi connectivity index (χ3n) is 3.54. The number of aromatic hydroxyl groups is 1. The molecule has 1 amide bonds. The first-order valence-electron chi connectivity index (χ1n) is 6.47. The molecule has 2 rings (SSSR count). The molecule has 1 aromatic rings. The Morgan fingerprint density at radius 2 is 2.15 bits per heavy atom. The Balaban J connectivity index is 2.03. The smallest absolute Gasteiger partial charge is 0.303 e. The molecule has 1 aromatic carbocycles. The molecule has 0 bridgehead atoms. The van der Waals surface area contributed by atoms with E-state index in [4.69, 9.17) is 5.11 Å². The summed E-state index contributed by atoms with van der Waals surface area (Å²) in [5.74, 6) is -2.41. The number of halogens is 1. The number of hydrogen-bond acceptors (Lipinski definition) is 3. The van der Waals surface area contributed by atoms with Crippen molar-refractivity contribution >= 4 is 11.9 Å². The van der Waals surface area contributed by atoms with E-state index in [1.165, 1.54) is 17.0 Å². The van der Waals surface area contributed by atoms with Gasteiger partial charge in [-0.2, -0.15) is 0 Å². The van der Waals surface area contributed by atoms with Gasteiger partial charge in [-0.1, -0.05) is 6.07 Å². The number of aliphatic carboxylic acids is 1. The Morgan fingerprint density at radius 1 is 1.40 bits per heavy atom. The fourth-order valence-electron chi connectivity index (χ4n) is 2.46. The van der Waals surface area contributed by atoms with E-state index in [2.05, 4.69) is 0 Å². The van der Waals surface area contributed by atoms with Gasteiger partial charge in [0, 0.05) is 19.5 Å². The van der Waals surface area contributed by atoms with Crippen molar-refractivity contribution in [2.24, 2.45) is 5.92 Å². The van der Waals surface area contributed by atoms with Crippen LogP contribution in [0.15, 0.2) is 18.2 Å². The summed E-state index contributed by atoms with van der Waals surface area (Å²) in [4.78, 5) is 24.2. The van der Waals surface area contributed by atoms with Crippen LogP contribution in [0.4, 0.5) is 4.39 Å². The molecular formula is C14H16FNO4. The molecule has 0 radical (unpaired) electrons. The number of phenolic OH excluding ortho intramolecular Hbond substituents is 1. The predicted octanol–water partition coefficient (Wildman–Crippen LogP) is 1.86. The van der Waals surface area contributed by atoms with Crippen molar-refractivity contribution in [1.29, 1.82) is 0 Å². The lowest BCUT2D eigenvalue weighted by atomic mass is 10.0. The number of carbonyl (C=O) groups excluding carboxylic acids is 1. The molecule has 6 heteroatoms. The van der Waals surface area contributed by atoms with E-state index >= 15 is 0 Å². The van der Waals surface area contributed by atoms with Crippen LogP contribution in [0.5, 0.6) is 5.75 Å². The highest BCUT2D eigenvalue weighted by Gasteiger charge is 2.29. The Morgan fingerprint density at radius 3 is 2.80 bits per heavy atom. The van der Waals surface area contributed by atoms with E-state index in [0.717, 1.165) is 6.07 Å². The topological polar surface area (TPSA) is 77.8 Å². The Labute approximate surface area is 115 Å². The van der Waals surface area contributed by atoms with Crippen LogP contribution in [0.3, 0.4) is 0 Å². The van der Waals surface area contributed by atoms with Crippen LogP contribution in [0, 0.1) is 11.7 Å². The number of benzene rings is 1. The summed E-state index contributed by atoms with van der Waals surface area (Å²) in [6.45, 7) is 0.858. The second-order valence-electron chi connectivity index (χ2n) is 4.97. The predicted molar refractivity (Wildman–Crippen MR) is 68.9 cm³/mol. The van der Waals surface area contributed by atoms with Crippen molar-refractivity contribution in [3.05, 3.63) is 29.6 Å². The average molecular weight is 281 g/mol. The minimum absolute atomic E-state index is 0.0671. The Bertz CT molecular complexity index is 512. The zero-order chi connectivity index (χ0) is 14.7. The highest BCUT2D eigenvalue weighted by molar-refractivity contribution is 5.97. The number of carbonyl (C=O) groups is 2. The van der Waals surface area contributed by atoms with Gasteiger partial charge in [-0.3, -0.25) is 9.59 Å². The van der Waals surface area contributed by atoms with Gasteiger partial charge in [0.25, 0.3) is 5.91 Å². The fourth-order valence-corrected chi connectivity index (χ4v) is 2.46. The third-order valence-corrected chi connectivity index (χ3v) is 3.54. The lowest BCUT2D eigenvalue weighted by Gasteiger charge is -2.17. The first kappa shape index (κ1) is 14.3. The van der Waals surface area contributed by atoms with E-state index in [9.17, 15) is 19.1 Å². The van der Waals surface area contributed by atoms with Gasteiger partial charge >= 0.3 is 5.97 Å². The van der Waals surface area contributed by atoms with Gasteiger partial charge in [0.1, 0.15) is 17.1 Å². The van der Waals surface area contributed by atoms with Crippen LogP contribution in [0.25, 0.3) is 0 Å². The summed E-state index contributed by atoms with van der Waals surface area (Å²) >= 11 is 0. The number of amides is 1. The largest absolute Gasteiger partial charge is 0.507 e. The zero-order valence-corrected chi connectivity index (χ0v) is 10.9. The highest BCUT2D eigenvalue weighted by atomic mass is 19.1. The second kappa shape index (κ2) is 5.90. The normalized spacial score (nSPS) is 18.2. The minimum atomic E-state index is -0.860. The van der Waals surface area contributed by atoms with E-state index in [-0.39, 0.29) is 23.7 Å². The van der Waals surface area contributed by atoms with E-state index < -0.39 is 17.7 Å². The maximum absolute atomic E-state index is 13.6. The number of carboxylic acids is 1. The molecule has 20 heavy (non-hydrogen) atoms. The number of nitrogens with zero attached hydrogens (tertiary/aromatic N) is 1. The Kier molecular flexibility index (Phi) is 4.22. The molecule has 1 aliphatic rings. The lowest BCUT2D eigenvalue weighted by Crippen LogP contribution is -2.29. The third kappa shape index (κ3) is 3.07. The van der Waals surface area contributed by atoms with Crippen molar-refractivity contribution in [2.75, 3.05) is 13.1 Å². The summed E-state index contributed by atoms with van der Waals surface area (Å²) in [6.07, 6.45) is 1.27. The summed E-state index contributed by atoms with van der Waals surface area (Å²) in [6, 6.07) is 3.74. The maximum atomic E-state index is 13.6. The number of carboxylic acid groups (broad SMARTS) is 1.